The summed E-state index contributed by atoms with van der Waals surface area (Å²) in [5, 5.41) is 1.37. The third-order valence-corrected chi connectivity index (χ3v) is 6.28. The van der Waals surface area contributed by atoms with E-state index in [0.717, 1.165) is 16.8 Å². The van der Waals surface area contributed by atoms with E-state index in [1.807, 2.05) is 28.8 Å². The number of anilines is 1. The first-order valence-corrected chi connectivity index (χ1v) is 11.1. The summed E-state index contributed by atoms with van der Waals surface area (Å²) in [5.41, 5.74) is 9.63. The number of hydrogen-bond acceptors (Lipinski definition) is 7. The van der Waals surface area contributed by atoms with Gasteiger partial charge in [0.2, 0.25) is 0 Å². The van der Waals surface area contributed by atoms with Crippen molar-refractivity contribution in [2.75, 3.05) is 31.2 Å². The molecule has 0 unspecified atom stereocenters. The van der Waals surface area contributed by atoms with Crippen molar-refractivity contribution in [3.05, 3.63) is 65.8 Å². The molecule has 1 amide bonds. The first-order chi connectivity index (χ1) is 16.6. The highest BCUT2D eigenvalue weighted by Crippen LogP contribution is 2.36. The summed E-state index contributed by atoms with van der Waals surface area (Å²) in [7, 11) is 0. The normalized spacial score (nSPS) is 14.2. The van der Waals surface area contributed by atoms with Gasteiger partial charge in [0.25, 0.3) is 5.91 Å². The average Bonchev–Trinajstić information content (AvgIpc) is 3.52. The zero-order valence-electron chi connectivity index (χ0n) is 17.9. The van der Waals surface area contributed by atoms with Crippen LogP contribution in [-0.2, 0) is 4.74 Å². The van der Waals surface area contributed by atoms with Crippen LogP contribution in [0.3, 0.4) is 0 Å². The molecule has 1 aliphatic heterocycles. The largest absolute Gasteiger partial charge is 0.440 e. The van der Waals surface area contributed by atoms with Crippen LogP contribution in [0.5, 0.6) is 0 Å². The molecule has 0 atom stereocenters. The topological polar surface area (TPSA) is 112 Å². The number of pyridine rings is 1. The van der Waals surface area contributed by atoms with Gasteiger partial charge in [-0.2, -0.15) is 0 Å². The Morgan fingerprint density at radius 1 is 1.12 bits per heavy atom. The van der Waals surface area contributed by atoms with Crippen molar-refractivity contribution in [3.63, 3.8) is 0 Å². The number of hydrogen-bond donors (Lipinski definition) is 1. The number of nitrogens with two attached hydrogens (primary N) is 1. The molecule has 10 heteroatoms. The molecule has 4 heterocycles. The number of aromatic nitrogens is 4. The second-order valence-electron chi connectivity index (χ2n) is 7.93. The minimum absolute atomic E-state index is 0.329. The maximum Gasteiger partial charge on any atom is 0.251 e. The highest BCUT2D eigenvalue weighted by Gasteiger charge is 2.24. The molecule has 2 N–H and O–H groups in total. The van der Waals surface area contributed by atoms with E-state index in [0.29, 0.717) is 65.0 Å². The highest BCUT2D eigenvalue weighted by atomic mass is 35.5. The van der Waals surface area contributed by atoms with E-state index in [-0.39, 0.29) is 0 Å². The van der Waals surface area contributed by atoms with Crippen LogP contribution in [0.15, 0.2) is 59.6 Å². The maximum absolute atomic E-state index is 12.5. The first-order valence-electron chi connectivity index (χ1n) is 10.7. The van der Waals surface area contributed by atoms with Gasteiger partial charge in [-0.3, -0.25) is 14.3 Å². The number of morpholine rings is 1. The second kappa shape index (κ2) is 8.12. The van der Waals surface area contributed by atoms with Crippen LogP contribution < -0.4 is 10.6 Å². The molecule has 34 heavy (non-hydrogen) atoms. The quantitative estimate of drug-likeness (QED) is 0.421. The number of amides is 1. The van der Waals surface area contributed by atoms with Gasteiger partial charge in [-0.25, -0.2) is 9.97 Å². The molecule has 2 aromatic carbocycles. The Morgan fingerprint density at radius 2 is 1.97 bits per heavy atom. The van der Waals surface area contributed by atoms with E-state index in [4.69, 9.17) is 31.5 Å². The van der Waals surface area contributed by atoms with Gasteiger partial charge in [0.05, 0.1) is 46.7 Å². The smallest absolute Gasteiger partial charge is 0.251 e. The van der Waals surface area contributed by atoms with Crippen molar-refractivity contribution in [1.29, 1.82) is 0 Å². The molecule has 0 aliphatic carbocycles. The van der Waals surface area contributed by atoms with Gasteiger partial charge < -0.3 is 19.8 Å². The third kappa shape index (κ3) is 3.28. The Hall–Kier alpha value is -3.95. The molecule has 3 aromatic heterocycles. The van der Waals surface area contributed by atoms with Crippen molar-refractivity contribution < 1.29 is 13.9 Å². The minimum Gasteiger partial charge on any atom is -0.440 e. The zero-order chi connectivity index (χ0) is 23.2. The third-order valence-electron chi connectivity index (χ3n) is 5.98. The van der Waals surface area contributed by atoms with E-state index >= 15 is 0 Å². The van der Waals surface area contributed by atoms with Gasteiger partial charge in [-0.05, 0) is 24.3 Å². The van der Waals surface area contributed by atoms with Crippen LogP contribution >= 0.6 is 11.6 Å². The van der Waals surface area contributed by atoms with Crippen LogP contribution in [0.1, 0.15) is 10.4 Å². The molecule has 1 saturated heterocycles. The molecular formula is C24H19ClN6O3. The Morgan fingerprint density at radius 3 is 2.74 bits per heavy atom. The summed E-state index contributed by atoms with van der Waals surface area (Å²) >= 11 is 6.45. The summed E-state index contributed by atoms with van der Waals surface area (Å²) in [6, 6.07) is 11.3. The molecule has 1 fully saturated rings. The number of carbonyl (C=O) groups excluding carboxylic acids is 1. The number of oxazole rings is 1. The van der Waals surface area contributed by atoms with E-state index in [1.165, 1.54) is 6.39 Å². The van der Waals surface area contributed by atoms with Crippen LogP contribution in [0.25, 0.3) is 39.2 Å². The number of carbonyl (C=O) groups is 1. The molecular weight excluding hydrogens is 456 g/mol. The maximum atomic E-state index is 12.5. The molecule has 0 radical (unpaired) electrons. The molecule has 0 spiro atoms. The Bertz CT molecular complexity index is 1540. The molecule has 0 saturated carbocycles. The van der Waals surface area contributed by atoms with Crippen molar-refractivity contribution in [2.24, 2.45) is 5.73 Å². The van der Waals surface area contributed by atoms with Crippen LogP contribution in [0.4, 0.5) is 5.69 Å². The zero-order valence-corrected chi connectivity index (χ0v) is 18.7. The predicted octanol–water partition coefficient (Wildman–Crippen LogP) is 3.82. The number of nitrogens with zero attached hydrogens (tertiary/aromatic N) is 5. The lowest BCUT2D eigenvalue weighted by Crippen LogP contribution is -2.36. The monoisotopic (exact) mass is 474 g/mol. The predicted molar refractivity (Wildman–Crippen MR) is 128 cm³/mol. The van der Waals surface area contributed by atoms with Crippen LogP contribution in [-0.4, -0.2) is 51.7 Å². The van der Waals surface area contributed by atoms with Crippen LogP contribution in [0, 0.1) is 0 Å². The molecule has 170 valence electrons. The number of fused-ring (bicyclic) bond motifs is 2. The molecule has 6 rings (SSSR count). The molecule has 1 aliphatic rings. The molecule has 0 bridgehead atoms. The number of halogens is 1. The lowest BCUT2D eigenvalue weighted by atomic mass is 10.1. The molecule has 9 nitrogen and oxygen atoms in total. The summed E-state index contributed by atoms with van der Waals surface area (Å²) in [6.07, 6.45) is 4.62. The fourth-order valence-electron chi connectivity index (χ4n) is 4.41. The van der Waals surface area contributed by atoms with E-state index in [2.05, 4.69) is 14.9 Å². The number of ether oxygens (including phenoxy) is 1. The van der Waals surface area contributed by atoms with Crippen molar-refractivity contribution in [2.45, 2.75) is 0 Å². The number of imidazole rings is 1. The Balaban J connectivity index is 1.72. The average molecular weight is 475 g/mol. The van der Waals surface area contributed by atoms with Crippen molar-refractivity contribution in [1.82, 2.24) is 19.5 Å². The minimum atomic E-state index is -0.559. The van der Waals surface area contributed by atoms with Gasteiger partial charge in [0.15, 0.2) is 18.0 Å². The number of rotatable bonds is 4. The Kier molecular flexibility index (Phi) is 4.93. The lowest BCUT2D eigenvalue weighted by molar-refractivity contribution is 0.100. The second-order valence-corrected chi connectivity index (χ2v) is 8.33. The van der Waals surface area contributed by atoms with Crippen molar-refractivity contribution in [3.8, 4) is 17.3 Å². The summed E-state index contributed by atoms with van der Waals surface area (Å²) in [5.74, 6) is 0.379. The van der Waals surface area contributed by atoms with E-state index in [9.17, 15) is 4.79 Å². The van der Waals surface area contributed by atoms with E-state index < -0.39 is 5.91 Å². The summed E-state index contributed by atoms with van der Waals surface area (Å²) in [6.45, 7) is 2.64. The summed E-state index contributed by atoms with van der Waals surface area (Å²) in [4.78, 5) is 28.0. The number of benzene rings is 2. The number of primary amides is 1. The van der Waals surface area contributed by atoms with Gasteiger partial charge in [-0.15, -0.1) is 0 Å². The standard InChI is InChI=1S/C24H19ClN6O3/c25-17-3-1-2-15-18(4-5-28-21(15)17)31-19-11-14(30-6-8-33-9-7-30)10-16(23(26)32)22(19)29-24(31)20-12-27-13-34-20/h1-5,10-13H,6-9H2,(H2,26,32). The van der Waals surface area contributed by atoms with Crippen LogP contribution in [0.2, 0.25) is 5.02 Å². The highest BCUT2D eigenvalue weighted by molar-refractivity contribution is 6.35. The van der Waals surface area contributed by atoms with Gasteiger partial charge in [-0.1, -0.05) is 23.7 Å². The SMILES string of the molecule is NC(=O)c1cc(N2CCOCC2)cc2c1nc(-c1cnco1)n2-c1ccnc2c(Cl)cccc12. The van der Waals surface area contributed by atoms with Gasteiger partial charge >= 0.3 is 0 Å². The first kappa shape index (κ1) is 20.6. The fourth-order valence-corrected chi connectivity index (χ4v) is 4.63. The fraction of sp³-hybridized carbons (Fsp3) is 0.167. The lowest BCUT2D eigenvalue weighted by Gasteiger charge is -2.29. The van der Waals surface area contributed by atoms with Crippen molar-refractivity contribution >= 4 is 45.1 Å². The number of para-hydroxylation sites is 1. The van der Waals surface area contributed by atoms with E-state index in [1.54, 1.807) is 24.5 Å². The Labute approximate surface area is 198 Å². The van der Waals surface area contributed by atoms with Gasteiger partial charge in [0, 0.05) is 30.4 Å². The molecule has 5 aromatic rings. The van der Waals surface area contributed by atoms with Gasteiger partial charge in [0.1, 0.15) is 5.52 Å². The summed E-state index contributed by atoms with van der Waals surface area (Å²) < 4.78 is 13.1.